The fraction of sp³-hybridized carbons (Fsp3) is 0.176. The van der Waals surface area contributed by atoms with Crippen molar-refractivity contribution in [1.29, 1.82) is 0 Å². The van der Waals surface area contributed by atoms with Gasteiger partial charge in [-0.25, -0.2) is 4.79 Å². The Balaban J connectivity index is 2.08. The zero-order valence-electron chi connectivity index (χ0n) is 11.9. The predicted molar refractivity (Wildman–Crippen MR) is 78.1 cm³/mol. The number of benzene rings is 2. The monoisotopic (exact) mass is 298 g/mol. The number of rotatable bonds is 4. The van der Waals surface area contributed by atoms with Gasteiger partial charge >= 0.3 is 5.97 Å². The van der Waals surface area contributed by atoms with E-state index in [0.29, 0.717) is 12.0 Å². The molecule has 1 unspecified atom stereocenters. The van der Waals surface area contributed by atoms with Gasteiger partial charge in [-0.15, -0.1) is 0 Å². The van der Waals surface area contributed by atoms with Crippen molar-refractivity contribution in [2.45, 2.75) is 12.7 Å². The molecule has 5 heteroatoms. The van der Waals surface area contributed by atoms with Crippen LogP contribution in [0.25, 0.3) is 11.1 Å². The molecule has 1 aliphatic carbocycles. The maximum Gasteiger partial charge on any atom is 0.337 e. The summed E-state index contributed by atoms with van der Waals surface area (Å²) in [5.41, 5.74) is 4.38. The number of hydrogen-bond acceptors (Lipinski definition) is 5. The molecule has 1 atom stereocenters. The largest absolute Gasteiger partial charge is 0.465 e. The van der Waals surface area contributed by atoms with Crippen LogP contribution in [0.15, 0.2) is 36.4 Å². The minimum absolute atomic E-state index is 0.166. The van der Waals surface area contributed by atoms with E-state index in [4.69, 9.17) is 9.47 Å². The molecule has 0 aromatic heterocycles. The van der Waals surface area contributed by atoms with Gasteiger partial charge in [-0.1, -0.05) is 18.2 Å². The lowest BCUT2D eigenvalue weighted by molar-refractivity contribution is -0.129. The number of esters is 1. The summed E-state index contributed by atoms with van der Waals surface area (Å²) >= 11 is 0. The van der Waals surface area contributed by atoms with Crippen LogP contribution < -0.4 is 0 Å². The van der Waals surface area contributed by atoms with Gasteiger partial charge in [0, 0.05) is 0 Å². The third-order valence-corrected chi connectivity index (χ3v) is 3.79. The van der Waals surface area contributed by atoms with Crippen LogP contribution in [0.2, 0.25) is 0 Å². The van der Waals surface area contributed by atoms with Crippen molar-refractivity contribution in [2.24, 2.45) is 0 Å². The molecular weight excluding hydrogens is 284 g/mol. The summed E-state index contributed by atoms with van der Waals surface area (Å²) < 4.78 is 9.48. The molecule has 2 aromatic carbocycles. The maximum atomic E-state index is 11.7. The molecule has 1 N–H and O–H groups in total. The molecule has 0 saturated heterocycles. The summed E-state index contributed by atoms with van der Waals surface area (Å²) in [5.74, 6) is -0.425. The van der Waals surface area contributed by atoms with E-state index in [0.717, 1.165) is 27.8 Å². The summed E-state index contributed by atoms with van der Waals surface area (Å²) in [6, 6.07) is 10.5. The van der Waals surface area contributed by atoms with Crippen LogP contribution in [0, 0.1) is 0 Å². The predicted octanol–water partition coefficient (Wildman–Crippen LogP) is 2.21. The van der Waals surface area contributed by atoms with Gasteiger partial charge in [-0.2, -0.15) is 0 Å². The molecular formula is C17H14O5. The molecule has 0 amide bonds. The fourth-order valence-electron chi connectivity index (χ4n) is 2.74. The molecule has 1 aliphatic rings. The molecule has 22 heavy (non-hydrogen) atoms. The molecule has 0 saturated carbocycles. The number of carbonyl (C=O) groups is 2. The molecule has 0 fully saturated rings. The lowest BCUT2D eigenvalue weighted by atomic mass is 10.0. The first-order chi connectivity index (χ1) is 10.7. The Hall–Kier alpha value is -2.66. The molecule has 5 nitrogen and oxygen atoms in total. The number of aliphatic hydroxyl groups excluding tert-OH is 1. The maximum absolute atomic E-state index is 11.7. The van der Waals surface area contributed by atoms with Crippen molar-refractivity contribution in [3.8, 4) is 11.1 Å². The topological polar surface area (TPSA) is 72.8 Å². The van der Waals surface area contributed by atoms with Crippen LogP contribution in [0.5, 0.6) is 0 Å². The Morgan fingerprint density at radius 3 is 2.55 bits per heavy atom. The zero-order chi connectivity index (χ0) is 15.7. The van der Waals surface area contributed by atoms with E-state index in [1.54, 1.807) is 30.3 Å². The highest BCUT2D eigenvalue weighted by molar-refractivity contribution is 5.92. The standard InChI is InChI=1S/C17H14O5/c1-21-17(20)11-3-5-13-15(7-11)14-6-10(8-22-9-18)2-4-12(14)16(13)19/h2-7,9,16,19H,8H2,1H3. The average molecular weight is 298 g/mol. The van der Waals surface area contributed by atoms with Crippen molar-refractivity contribution in [2.75, 3.05) is 7.11 Å². The van der Waals surface area contributed by atoms with Gasteiger partial charge in [0.1, 0.15) is 12.7 Å². The third kappa shape index (κ3) is 2.25. The second-order valence-corrected chi connectivity index (χ2v) is 5.02. The van der Waals surface area contributed by atoms with Crippen LogP contribution >= 0.6 is 0 Å². The zero-order valence-corrected chi connectivity index (χ0v) is 11.9. The molecule has 112 valence electrons. The summed E-state index contributed by atoms with van der Waals surface area (Å²) in [4.78, 5) is 22.0. The minimum Gasteiger partial charge on any atom is -0.465 e. The fourth-order valence-corrected chi connectivity index (χ4v) is 2.74. The molecule has 0 bridgehead atoms. The van der Waals surface area contributed by atoms with E-state index in [2.05, 4.69) is 0 Å². The second kappa shape index (κ2) is 5.61. The Kier molecular flexibility index (Phi) is 3.65. The van der Waals surface area contributed by atoms with E-state index < -0.39 is 12.1 Å². The van der Waals surface area contributed by atoms with Crippen molar-refractivity contribution >= 4 is 12.4 Å². The van der Waals surface area contributed by atoms with E-state index >= 15 is 0 Å². The van der Waals surface area contributed by atoms with Gasteiger partial charge in [0.2, 0.25) is 0 Å². The van der Waals surface area contributed by atoms with Crippen molar-refractivity contribution < 1.29 is 24.2 Å². The summed E-state index contributed by atoms with van der Waals surface area (Å²) in [5, 5.41) is 10.4. The SMILES string of the molecule is COC(=O)c1ccc2c(c1)-c1cc(COC=O)ccc1C2O. The molecule has 3 rings (SSSR count). The average Bonchev–Trinajstić information content (AvgIpc) is 2.84. The van der Waals surface area contributed by atoms with Gasteiger partial charge in [0.25, 0.3) is 6.47 Å². The van der Waals surface area contributed by atoms with Crippen molar-refractivity contribution in [3.63, 3.8) is 0 Å². The number of methoxy groups -OCH3 is 1. The van der Waals surface area contributed by atoms with Crippen LogP contribution in [0.3, 0.4) is 0 Å². The van der Waals surface area contributed by atoms with Crippen molar-refractivity contribution in [1.82, 2.24) is 0 Å². The second-order valence-electron chi connectivity index (χ2n) is 5.02. The summed E-state index contributed by atoms with van der Waals surface area (Å²) in [6.45, 7) is 0.560. The first-order valence-corrected chi connectivity index (χ1v) is 6.74. The minimum atomic E-state index is -0.724. The number of fused-ring (bicyclic) bond motifs is 3. The van der Waals surface area contributed by atoms with E-state index in [1.165, 1.54) is 7.11 Å². The smallest absolute Gasteiger partial charge is 0.337 e. The molecule has 0 spiro atoms. The normalized spacial score (nSPS) is 14.9. The first kappa shape index (κ1) is 14.3. The molecule has 0 heterocycles. The van der Waals surface area contributed by atoms with E-state index in [1.807, 2.05) is 6.07 Å². The lowest BCUT2D eigenvalue weighted by Gasteiger charge is -2.06. The Labute approximate surface area is 127 Å². The summed E-state index contributed by atoms with van der Waals surface area (Å²) in [7, 11) is 1.33. The van der Waals surface area contributed by atoms with Gasteiger partial charge in [0.15, 0.2) is 0 Å². The van der Waals surface area contributed by atoms with E-state index in [9.17, 15) is 14.7 Å². The van der Waals surface area contributed by atoms with Gasteiger partial charge in [-0.05, 0) is 46.0 Å². The van der Waals surface area contributed by atoms with Crippen LogP contribution in [-0.4, -0.2) is 24.7 Å². The Morgan fingerprint density at radius 1 is 1.18 bits per heavy atom. The first-order valence-electron chi connectivity index (χ1n) is 6.74. The van der Waals surface area contributed by atoms with Crippen LogP contribution in [0.1, 0.15) is 33.2 Å². The Bertz CT molecular complexity index is 751. The van der Waals surface area contributed by atoms with Crippen LogP contribution in [-0.2, 0) is 20.9 Å². The van der Waals surface area contributed by atoms with Crippen molar-refractivity contribution in [3.05, 3.63) is 58.7 Å². The quantitative estimate of drug-likeness (QED) is 0.692. The highest BCUT2D eigenvalue weighted by Gasteiger charge is 2.28. The van der Waals surface area contributed by atoms with Crippen LogP contribution in [0.4, 0.5) is 0 Å². The van der Waals surface area contributed by atoms with Gasteiger partial charge in [0.05, 0.1) is 12.7 Å². The number of aliphatic hydroxyl groups is 1. The molecule has 0 radical (unpaired) electrons. The van der Waals surface area contributed by atoms with Gasteiger partial charge < -0.3 is 14.6 Å². The number of ether oxygens (including phenoxy) is 2. The van der Waals surface area contributed by atoms with Gasteiger partial charge in [-0.3, -0.25) is 4.79 Å². The highest BCUT2D eigenvalue weighted by Crippen LogP contribution is 2.44. The Morgan fingerprint density at radius 2 is 1.86 bits per heavy atom. The lowest BCUT2D eigenvalue weighted by Crippen LogP contribution is -2.01. The number of carbonyl (C=O) groups excluding carboxylic acids is 2. The summed E-state index contributed by atoms with van der Waals surface area (Å²) in [6.07, 6.45) is -0.724. The molecule has 0 aliphatic heterocycles. The third-order valence-electron chi connectivity index (χ3n) is 3.79. The molecule has 2 aromatic rings. The van der Waals surface area contributed by atoms with E-state index in [-0.39, 0.29) is 6.61 Å². The number of hydrogen-bond donors (Lipinski definition) is 1. The highest BCUT2D eigenvalue weighted by atomic mass is 16.5.